The van der Waals surface area contributed by atoms with Crippen LogP contribution in [-0.2, 0) is 13.6 Å². The first-order valence-corrected chi connectivity index (χ1v) is 7.94. The number of aliphatic hydroxyl groups excluding tert-OH is 1. The Morgan fingerprint density at radius 1 is 1.12 bits per heavy atom. The number of nitrogens with zero attached hydrogens (tertiary/aromatic N) is 1. The van der Waals surface area contributed by atoms with Gasteiger partial charge in [0.1, 0.15) is 0 Å². The lowest BCUT2D eigenvalue weighted by Gasteiger charge is -2.25. The highest BCUT2D eigenvalue weighted by molar-refractivity contribution is 7.54. The van der Waals surface area contributed by atoms with Gasteiger partial charge in [-0.15, -0.1) is 0 Å². The molecule has 104 valence electrons. The Hall–Kier alpha value is 0.0700. The van der Waals surface area contributed by atoms with Crippen LogP contribution in [-0.4, -0.2) is 48.7 Å². The van der Waals surface area contributed by atoms with Gasteiger partial charge in [0.15, 0.2) is 5.85 Å². The summed E-state index contributed by atoms with van der Waals surface area (Å²) >= 11 is 0. The molecular weight excluding hydrogens is 241 g/mol. The predicted octanol–water partition coefficient (Wildman–Crippen LogP) is 2.30. The zero-order valence-electron chi connectivity index (χ0n) is 11.4. The maximum absolute atomic E-state index is 12.2. The summed E-state index contributed by atoms with van der Waals surface area (Å²) in [5, 5.41) is 9.93. The fourth-order valence-electron chi connectivity index (χ4n) is 1.57. The summed E-state index contributed by atoms with van der Waals surface area (Å²) in [5.41, 5.74) is 0. The Morgan fingerprint density at radius 3 is 1.94 bits per heavy atom. The van der Waals surface area contributed by atoms with Crippen LogP contribution >= 0.6 is 7.60 Å². The Labute approximate surface area is 105 Å². The van der Waals surface area contributed by atoms with Crippen molar-refractivity contribution in [3.05, 3.63) is 0 Å². The SMILES string of the molecule is CCOP(=O)(OCC)C(O)CCN(CC)CC. The summed E-state index contributed by atoms with van der Waals surface area (Å²) in [7, 11) is -3.36. The average molecular weight is 267 g/mol. The molecule has 0 radical (unpaired) electrons. The average Bonchev–Trinajstić information content (AvgIpc) is 2.30. The molecule has 1 unspecified atom stereocenters. The molecule has 6 heteroatoms. The Morgan fingerprint density at radius 2 is 1.59 bits per heavy atom. The van der Waals surface area contributed by atoms with Gasteiger partial charge < -0.3 is 19.1 Å². The van der Waals surface area contributed by atoms with E-state index in [1.54, 1.807) is 13.8 Å². The Kier molecular flexibility index (Phi) is 9.10. The molecule has 1 N–H and O–H groups in total. The molecule has 0 saturated carbocycles. The van der Waals surface area contributed by atoms with Gasteiger partial charge in [0.05, 0.1) is 13.2 Å². The lowest BCUT2D eigenvalue weighted by Crippen LogP contribution is -2.27. The summed E-state index contributed by atoms with van der Waals surface area (Å²) in [4.78, 5) is 2.16. The van der Waals surface area contributed by atoms with Crippen molar-refractivity contribution in [2.45, 2.75) is 40.0 Å². The van der Waals surface area contributed by atoms with E-state index < -0.39 is 13.4 Å². The lowest BCUT2D eigenvalue weighted by atomic mass is 10.4. The molecule has 0 amide bonds. The van der Waals surface area contributed by atoms with Gasteiger partial charge >= 0.3 is 7.60 Å². The van der Waals surface area contributed by atoms with Crippen LogP contribution in [0.3, 0.4) is 0 Å². The summed E-state index contributed by atoms with van der Waals surface area (Å²) < 4.78 is 22.4. The minimum absolute atomic E-state index is 0.277. The first-order valence-electron chi connectivity index (χ1n) is 6.33. The second kappa shape index (κ2) is 9.06. The van der Waals surface area contributed by atoms with Crippen molar-refractivity contribution in [2.24, 2.45) is 0 Å². The molecule has 0 aliphatic rings. The van der Waals surface area contributed by atoms with E-state index in [4.69, 9.17) is 9.05 Å². The topological polar surface area (TPSA) is 59.0 Å². The van der Waals surface area contributed by atoms with E-state index in [-0.39, 0.29) is 13.2 Å². The molecule has 5 nitrogen and oxygen atoms in total. The molecule has 0 aliphatic heterocycles. The molecule has 0 aliphatic carbocycles. The highest BCUT2D eigenvalue weighted by atomic mass is 31.2. The Bertz CT molecular complexity index is 224. The largest absolute Gasteiger partial charge is 0.380 e. The predicted molar refractivity (Wildman–Crippen MR) is 69.3 cm³/mol. The minimum Gasteiger partial charge on any atom is -0.380 e. The maximum Gasteiger partial charge on any atom is 0.358 e. The van der Waals surface area contributed by atoms with E-state index in [9.17, 15) is 9.67 Å². The van der Waals surface area contributed by atoms with Crippen molar-refractivity contribution in [3.63, 3.8) is 0 Å². The summed E-state index contributed by atoms with van der Waals surface area (Å²) in [5.74, 6) is -1.04. The van der Waals surface area contributed by atoms with Crippen LogP contribution in [0.15, 0.2) is 0 Å². The van der Waals surface area contributed by atoms with Crippen LogP contribution in [0.5, 0.6) is 0 Å². The molecule has 0 heterocycles. The van der Waals surface area contributed by atoms with Crippen LogP contribution in [0.4, 0.5) is 0 Å². The van der Waals surface area contributed by atoms with Crippen molar-refractivity contribution in [3.8, 4) is 0 Å². The first kappa shape index (κ1) is 17.1. The van der Waals surface area contributed by atoms with Gasteiger partial charge in [-0.3, -0.25) is 4.57 Å². The third-order valence-corrected chi connectivity index (χ3v) is 4.81. The van der Waals surface area contributed by atoms with E-state index in [1.165, 1.54) is 0 Å². The first-order chi connectivity index (χ1) is 8.03. The summed E-state index contributed by atoms with van der Waals surface area (Å²) in [6.45, 7) is 10.7. The van der Waals surface area contributed by atoms with Gasteiger partial charge in [-0.2, -0.15) is 0 Å². The van der Waals surface area contributed by atoms with Crippen LogP contribution in [0.2, 0.25) is 0 Å². The monoisotopic (exact) mass is 267 g/mol. The van der Waals surface area contributed by atoms with Crippen molar-refractivity contribution in [2.75, 3.05) is 32.8 Å². The van der Waals surface area contributed by atoms with E-state index in [1.807, 2.05) is 0 Å². The highest BCUT2D eigenvalue weighted by Crippen LogP contribution is 2.52. The molecule has 0 spiro atoms. The maximum atomic E-state index is 12.2. The van der Waals surface area contributed by atoms with Crippen LogP contribution < -0.4 is 0 Å². The fraction of sp³-hybridized carbons (Fsp3) is 1.00. The molecule has 17 heavy (non-hydrogen) atoms. The van der Waals surface area contributed by atoms with Gasteiger partial charge in [0, 0.05) is 6.54 Å². The van der Waals surface area contributed by atoms with Gasteiger partial charge in [-0.05, 0) is 33.4 Å². The van der Waals surface area contributed by atoms with Crippen molar-refractivity contribution >= 4 is 7.60 Å². The van der Waals surface area contributed by atoms with Crippen LogP contribution in [0.25, 0.3) is 0 Å². The third kappa shape index (κ3) is 5.98. The van der Waals surface area contributed by atoms with Crippen molar-refractivity contribution < 1.29 is 18.7 Å². The van der Waals surface area contributed by atoms with E-state index >= 15 is 0 Å². The van der Waals surface area contributed by atoms with Gasteiger partial charge in [0.25, 0.3) is 0 Å². The molecule has 0 aromatic heterocycles. The Balaban J connectivity index is 4.32. The molecule has 0 aromatic carbocycles. The quantitative estimate of drug-likeness (QED) is 0.615. The molecule has 0 bridgehead atoms. The molecule has 0 aromatic rings. The van der Waals surface area contributed by atoms with Crippen molar-refractivity contribution in [1.82, 2.24) is 4.90 Å². The molecule has 1 atom stereocenters. The van der Waals surface area contributed by atoms with E-state index in [0.717, 1.165) is 13.1 Å². The number of hydrogen-bond acceptors (Lipinski definition) is 5. The lowest BCUT2D eigenvalue weighted by molar-refractivity contribution is 0.134. The van der Waals surface area contributed by atoms with Crippen LogP contribution in [0.1, 0.15) is 34.1 Å². The van der Waals surface area contributed by atoms with Gasteiger partial charge in [-0.25, -0.2) is 0 Å². The summed E-state index contributed by atoms with van der Waals surface area (Å²) in [6, 6.07) is 0. The number of aliphatic hydroxyl groups is 1. The summed E-state index contributed by atoms with van der Waals surface area (Å²) in [6.07, 6.45) is 0.402. The molecular formula is C11H26NO4P. The normalized spacial score (nSPS) is 14.2. The smallest absolute Gasteiger partial charge is 0.358 e. The number of rotatable bonds is 10. The van der Waals surface area contributed by atoms with Crippen LogP contribution in [0, 0.1) is 0 Å². The standard InChI is InChI=1S/C11H26NO4P/c1-5-12(6-2)10-9-11(13)17(14,15-7-3)16-8-4/h11,13H,5-10H2,1-4H3. The molecule has 0 saturated heterocycles. The van der Waals surface area contributed by atoms with Gasteiger partial charge in [0.2, 0.25) is 0 Å². The third-order valence-electron chi connectivity index (χ3n) is 2.58. The minimum atomic E-state index is -3.36. The van der Waals surface area contributed by atoms with E-state index in [0.29, 0.717) is 13.0 Å². The zero-order valence-corrected chi connectivity index (χ0v) is 12.3. The fourth-order valence-corrected chi connectivity index (χ4v) is 3.14. The number of hydrogen-bond donors (Lipinski definition) is 1. The zero-order chi connectivity index (χ0) is 13.3. The highest BCUT2D eigenvalue weighted by Gasteiger charge is 2.33. The van der Waals surface area contributed by atoms with E-state index in [2.05, 4.69) is 18.7 Å². The second-order valence-corrected chi connectivity index (χ2v) is 5.86. The van der Waals surface area contributed by atoms with Crippen molar-refractivity contribution in [1.29, 1.82) is 0 Å². The van der Waals surface area contributed by atoms with Gasteiger partial charge in [-0.1, -0.05) is 13.8 Å². The second-order valence-electron chi connectivity index (χ2n) is 3.67. The molecule has 0 rings (SSSR count). The molecule has 0 fully saturated rings.